The lowest BCUT2D eigenvalue weighted by molar-refractivity contribution is -0.0660. The van der Waals surface area contributed by atoms with Crippen LogP contribution in [0, 0.1) is 0 Å². The van der Waals surface area contributed by atoms with Gasteiger partial charge in [-0.2, -0.15) is 0 Å². The second-order valence-corrected chi connectivity index (χ2v) is 10.7. The molecule has 3 fully saturated rings. The minimum Gasteiger partial charge on any atom is -0.388 e. The first-order valence-corrected chi connectivity index (χ1v) is 15.1. The van der Waals surface area contributed by atoms with Crippen LogP contribution in [0.1, 0.15) is 50.2 Å². The van der Waals surface area contributed by atoms with Crippen LogP contribution >= 0.6 is 0 Å². The predicted molar refractivity (Wildman–Crippen MR) is 168 cm³/mol. The molecule has 0 atom stereocenters. The predicted octanol–water partition coefficient (Wildman–Crippen LogP) is 6.63. The van der Waals surface area contributed by atoms with Gasteiger partial charge in [0.1, 0.15) is 5.69 Å². The molecule has 0 spiro atoms. The van der Waals surface area contributed by atoms with Crippen LogP contribution in [0.5, 0.6) is 0 Å². The molecule has 3 aromatic rings. The molecule has 3 aliphatic rings. The molecule has 40 heavy (non-hydrogen) atoms. The van der Waals surface area contributed by atoms with Crippen LogP contribution in [0.4, 0.5) is 11.5 Å². The van der Waals surface area contributed by atoms with Crippen LogP contribution in [0.2, 0.25) is 0 Å². The third-order valence-corrected chi connectivity index (χ3v) is 7.82. The highest BCUT2D eigenvalue weighted by molar-refractivity contribution is 5.73. The molecule has 6 rings (SSSR count). The lowest BCUT2D eigenvalue weighted by Crippen LogP contribution is -2.56. The van der Waals surface area contributed by atoms with Crippen molar-refractivity contribution in [3.8, 4) is 11.3 Å². The van der Waals surface area contributed by atoms with Crippen molar-refractivity contribution < 1.29 is 4.74 Å². The number of aryl methyl sites for hydroxylation is 1. The summed E-state index contributed by atoms with van der Waals surface area (Å²) in [5.74, 6) is 0.985. The van der Waals surface area contributed by atoms with E-state index in [1.54, 1.807) is 12.4 Å². The smallest absolute Gasteiger partial charge is 0.155 e. The molecule has 1 saturated carbocycles. The maximum absolute atomic E-state index is 5.31. The van der Waals surface area contributed by atoms with Crippen molar-refractivity contribution in [3.05, 3.63) is 84.7 Å². The number of nitrogens with one attached hydrogen (secondary N) is 1. The quantitative estimate of drug-likeness (QED) is 0.323. The second kappa shape index (κ2) is 16.1. The first-order chi connectivity index (χ1) is 19.7. The minimum absolute atomic E-state index is 0.613. The number of hydrogen-bond acceptors (Lipinski definition) is 6. The number of nitrogens with zero attached hydrogens (tertiary/aromatic N) is 4. The van der Waals surface area contributed by atoms with Gasteiger partial charge in [0.2, 0.25) is 0 Å². The molecule has 2 saturated heterocycles. The number of piperazine rings is 1. The zero-order chi connectivity index (χ0) is 28.0. The largest absolute Gasteiger partial charge is 0.388 e. The Morgan fingerprint density at radius 1 is 0.875 bits per heavy atom. The Morgan fingerprint density at radius 3 is 2.02 bits per heavy atom. The summed E-state index contributed by atoms with van der Waals surface area (Å²) in [6, 6.07) is 17.7. The van der Waals surface area contributed by atoms with Gasteiger partial charge in [0.05, 0.1) is 19.3 Å². The molecule has 6 heteroatoms. The Morgan fingerprint density at radius 2 is 1.50 bits per heavy atom. The molecule has 0 amide bonds. The highest BCUT2D eigenvalue weighted by Crippen LogP contribution is 2.28. The van der Waals surface area contributed by atoms with E-state index in [-0.39, 0.29) is 0 Å². The van der Waals surface area contributed by atoms with E-state index in [9.17, 15) is 0 Å². The standard InChI is InChI=1S/C18H23N5O.C12H16.C4H8/c1-19-15-4-2-14(3-5-15)17-18(21-7-6-20-17)23-10-8-22(9-11-23)16-12-24-13-16;1-3-5-11-7-9-12(6-4-2)10-8-11;1-2-4-3-1/h2-7,16,19H,8-13H2,1H3;3,7-10H,1,4-6H2,2H3;1-4H2. The number of anilines is 2. The summed E-state index contributed by atoms with van der Waals surface area (Å²) in [5.41, 5.74) is 5.95. The second-order valence-electron chi connectivity index (χ2n) is 10.7. The van der Waals surface area contributed by atoms with Gasteiger partial charge in [-0.3, -0.25) is 9.88 Å². The zero-order valence-electron chi connectivity index (χ0n) is 24.5. The SMILES string of the molecule is C1CCC1.C=CCc1ccc(CCC)cc1.CNc1ccc(-c2nccnc2N2CCN(C3COC3)CC2)cc1. The Bertz CT molecular complexity index is 1130. The van der Waals surface area contributed by atoms with Gasteiger partial charge in [0.15, 0.2) is 5.82 Å². The molecule has 0 bridgehead atoms. The molecule has 2 aliphatic heterocycles. The fourth-order valence-electron chi connectivity index (χ4n) is 4.84. The van der Waals surface area contributed by atoms with Crippen LogP contribution in [0.15, 0.2) is 73.6 Å². The number of hydrogen-bond donors (Lipinski definition) is 1. The van der Waals surface area contributed by atoms with Crippen LogP contribution in [0.25, 0.3) is 11.3 Å². The molecule has 0 radical (unpaired) electrons. The average molecular weight is 542 g/mol. The molecule has 1 aliphatic carbocycles. The summed E-state index contributed by atoms with van der Waals surface area (Å²) < 4.78 is 5.31. The van der Waals surface area contributed by atoms with Gasteiger partial charge in [-0.15, -0.1) is 6.58 Å². The molecule has 214 valence electrons. The Labute approximate surface area is 241 Å². The fourth-order valence-corrected chi connectivity index (χ4v) is 4.84. The van der Waals surface area contributed by atoms with E-state index >= 15 is 0 Å². The number of benzene rings is 2. The summed E-state index contributed by atoms with van der Waals surface area (Å²) >= 11 is 0. The minimum atomic E-state index is 0.613. The fraction of sp³-hybridized carbons (Fsp3) is 0.471. The monoisotopic (exact) mass is 541 g/mol. The summed E-state index contributed by atoms with van der Waals surface area (Å²) in [6.07, 6.45) is 14.9. The molecular weight excluding hydrogens is 494 g/mol. The van der Waals surface area contributed by atoms with Crippen LogP contribution < -0.4 is 10.2 Å². The van der Waals surface area contributed by atoms with Gasteiger partial charge in [-0.05, 0) is 36.1 Å². The Hall–Kier alpha value is -3.22. The molecular formula is C34H47N5O. The van der Waals surface area contributed by atoms with Gasteiger partial charge < -0.3 is 15.0 Å². The highest BCUT2D eigenvalue weighted by Gasteiger charge is 2.30. The zero-order valence-corrected chi connectivity index (χ0v) is 24.5. The highest BCUT2D eigenvalue weighted by atomic mass is 16.5. The van der Waals surface area contributed by atoms with E-state index in [0.717, 1.165) is 68.6 Å². The van der Waals surface area contributed by atoms with Gasteiger partial charge in [-0.25, -0.2) is 4.98 Å². The van der Waals surface area contributed by atoms with Gasteiger partial charge >= 0.3 is 0 Å². The van der Waals surface area contributed by atoms with Gasteiger partial charge in [-0.1, -0.05) is 81.5 Å². The van der Waals surface area contributed by atoms with Crippen molar-refractivity contribution in [2.75, 3.05) is 56.7 Å². The lowest BCUT2D eigenvalue weighted by Gasteiger charge is -2.43. The Kier molecular flexibility index (Phi) is 12.0. The summed E-state index contributed by atoms with van der Waals surface area (Å²) in [7, 11) is 1.93. The topological polar surface area (TPSA) is 53.5 Å². The number of aromatic nitrogens is 2. The first kappa shape index (κ1) is 29.8. The van der Waals surface area contributed by atoms with Gasteiger partial charge in [0, 0.05) is 56.9 Å². The summed E-state index contributed by atoms with van der Waals surface area (Å²) in [5, 5.41) is 3.15. The van der Waals surface area contributed by atoms with Crippen LogP contribution in [0.3, 0.4) is 0 Å². The van der Waals surface area contributed by atoms with E-state index in [1.165, 1.54) is 49.7 Å². The first-order valence-electron chi connectivity index (χ1n) is 15.1. The third-order valence-electron chi connectivity index (χ3n) is 7.82. The van der Waals surface area contributed by atoms with Gasteiger partial charge in [0.25, 0.3) is 0 Å². The molecule has 6 nitrogen and oxygen atoms in total. The average Bonchev–Trinajstić information content (AvgIpc) is 2.94. The van der Waals surface area contributed by atoms with E-state index in [2.05, 4.69) is 87.1 Å². The van der Waals surface area contributed by atoms with Crippen LogP contribution in [-0.4, -0.2) is 67.4 Å². The van der Waals surface area contributed by atoms with Crippen molar-refractivity contribution in [1.82, 2.24) is 14.9 Å². The van der Waals surface area contributed by atoms with Crippen molar-refractivity contribution in [2.24, 2.45) is 0 Å². The molecule has 1 N–H and O–H groups in total. The molecule has 0 unspecified atom stereocenters. The Balaban J connectivity index is 0.000000192. The molecule has 1 aromatic heterocycles. The lowest BCUT2D eigenvalue weighted by atomic mass is 10.0. The summed E-state index contributed by atoms with van der Waals surface area (Å²) in [6.45, 7) is 11.8. The normalized spacial score (nSPS) is 16.8. The van der Waals surface area contributed by atoms with Crippen molar-refractivity contribution in [1.29, 1.82) is 0 Å². The van der Waals surface area contributed by atoms with Crippen molar-refractivity contribution in [2.45, 2.75) is 57.9 Å². The van der Waals surface area contributed by atoms with E-state index in [0.29, 0.717) is 6.04 Å². The maximum Gasteiger partial charge on any atom is 0.155 e. The molecule has 3 heterocycles. The maximum atomic E-state index is 5.31. The van der Waals surface area contributed by atoms with E-state index in [4.69, 9.17) is 4.74 Å². The third kappa shape index (κ3) is 8.64. The summed E-state index contributed by atoms with van der Waals surface area (Å²) in [4.78, 5) is 14.1. The van der Waals surface area contributed by atoms with Crippen LogP contribution in [-0.2, 0) is 17.6 Å². The van der Waals surface area contributed by atoms with E-state index in [1.807, 2.05) is 13.1 Å². The van der Waals surface area contributed by atoms with Crippen molar-refractivity contribution in [3.63, 3.8) is 0 Å². The number of ether oxygens (including phenoxy) is 1. The van der Waals surface area contributed by atoms with Crippen molar-refractivity contribution >= 4 is 11.5 Å². The number of allylic oxidation sites excluding steroid dienone is 1. The molecule has 2 aromatic carbocycles. The number of rotatable bonds is 8. The van der Waals surface area contributed by atoms with E-state index < -0.39 is 0 Å².